The molecule has 0 bridgehead atoms. The van der Waals surface area contributed by atoms with E-state index in [-0.39, 0.29) is 24.3 Å². The van der Waals surface area contributed by atoms with Gasteiger partial charge >= 0.3 is 0 Å². The normalized spacial score (nSPS) is 12.0. The number of amides is 2. The van der Waals surface area contributed by atoms with Gasteiger partial charge in [-0.3, -0.25) is 9.59 Å². The quantitative estimate of drug-likeness (QED) is 0.691. The van der Waals surface area contributed by atoms with Gasteiger partial charge in [0.25, 0.3) is 0 Å². The third kappa shape index (κ3) is 6.47. The van der Waals surface area contributed by atoms with Crippen LogP contribution >= 0.6 is 11.3 Å². The number of thiazole rings is 1. The first-order valence-electron chi connectivity index (χ1n) is 9.46. The summed E-state index contributed by atoms with van der Waals surface area (Å²) in [6.45, 7) is 8.76. The van der Waals surface area contributed by atoms with Crippen molar-refractivity contribution in [1.29, 1.82) is 0 Å². The number of nitrogens with zero attached hydrogens (tertiary/aromatic N) is 2. The van der Waals surface area contributed by atoms with Crippen LogP contribution in [0.2, 0.25) is 0 Å². The number of rotatable bonds is 9. The van der Waals surface area contributed by atoms with Gasteiger partial charge < -0.3 is 10.2 Å². The molecule has 27 heavy (non-hydrogen) atoms. The fourth-order valence-electron chi connectivity index (χ4n) is 2.88. The zero-order valence-electron chi connectivity index (χ0n) is 16.6. The highest BCUT2D eigenvalue weighted by Crippen LogP contribution is 2.23. The maximum absolute atomic E-state index is 13.2. The van der Waals surface area contributed by atoms with Crippen molar-refractivity contribution in [2.24, 2.45) is 5.92 Å². The Balaban J connectivity index is 2.11. The Bertz CT molecular complexity index is 743. The van der Waals surface area contributed by atoms with Crippen LogP contribution in [0, 0.1) is 12.8 Å². The number of carbonyl (C=O) groups is 2. The predicted octanol–water partition coefficient (Wildman–Crippen LogP) is 4.46. The van der Waals surface area contributed by atoms with Crippen molar-refractivity contribution in [3.05, 3.63) is 47.0 Å². The molecular weight excluding hydrogens is 358 g/mol. The first-order chi connectivity index (χ1) is 12.9. The molecule has 0 radical (unpaired) electrons. The SMILES string of the molecule is CCC(C(=O)N(CCC(C)C)CC(=O)Nc1nc(C)cs1)c1ccccc1. The summed E-state index contributed by atoms with van der Waals surface area (Å²) in [6, 6.07) is 9.79. The van der Waals surface area contributed by atoms with Crippen LogP contribution in [-0.2, 0) is 9.59 Å². The molecule has 6 heteroatoms. The van der Waals surface area contributed by atoms with E-state index in [0.29, 0.717) is 24.0 Å². The fraction of sp³-hybridized carbons (Fsp3) is 0.476. The number of hydrogen-bond donors (Lipinski definition) is 1. The van der Waals surface area contributed by atoms with Crippen molar-refractivity contribution in [1.82, 2.24) is 9.88 Å². The van der Waals surface area contributed by atoms with Crippen molar-refractivity contribution in [2.45, 2.75) is 46.5 Å². The number of hydrogen-bond acceptors (Lipinski definition) is 4. The number of nitrogens with one attached hydrogen (secondary N) is 1. The van der Waals surface area contributed by atoms with Crippen molar-refractivity contribution in [3.8, 4) is 0 Å². The van der Waals surface area contributed by atoms with E-state index in [1.165, 1.54) is 11.3 Å². The summed E-state index contributed by atoms with van der Waals surface area (Å²) in [5.74, 6) is 0.0363. The molecule has 0 saturated carbocycles. The molecule has 2 rings (SSSR count). The lowest BCUT2D eigenvalue weighted by molar-refractivity contribution is -0.136. The highest BCUT2D eigenvalue weighted by molar-refractivity contribution is 7.13. The van der Waals surface area contributed by atoms with Crippen LogP contribution in [0.5, 0.6) is 0 Å². The first kappa shape index (κ1) is 21.1. The standard InChI is InChI=1S/C21H29N3O2S/c1-5-18(17-9-7-6-8-10-17)20(26)24(12-11-15(2)3)13-19(25)23-21-22-16(4)14-27-21/h6-10,14-15,18H,5,11-13H2,1-4H3,(H,22,23,25). The van der Waals surface area contributed by atoms with Gasteiger partial charge in [-0.25, -0.2) is 4.98 Å². The topological polar surface area (TPSA) is 62.3 Å². The smallest absolute Gasteiger partial charge is 0.245 e. The maximum Gasteiger partial charge on any atom is 0.245 e. The molecular formula is C21H29N3O2S. The monoisotopic (exact) mass is 387 g/mol. The van der Waals surface area contributed by atoms with Gasteiger partial charge in [-0.1, -0.05) is 51.1 Å². The summed E-state index contributed by atoms with van der Waals surface area (Å²) in [7, 11) is 0. The zero-order valence-corrected chi connectivity index (χ0v) is 17.4. The average molecular weight is 388 g/mol. The lowest BCUT2D eigenvalue weighted by Gasteiger charge is -2.27. The Labute approximate surface area is 165 Å². The van der Waals surface area contributed by atoms with E-state index in [4.69, 9.17) is 0 Å². The number of aryl methyl sites for hydroxylation is 1. The van der Waals surface area contributed by atoms with Crippen LogP contribution in [0.3, 0.4) is 0 Å². The Hall–Kier alpha value is -2.21. The molecule has 0 aliphatic heterocycles. The Morgan fingerprint density at radius 2 is 1.93 bits per heavy atom. The van der Waals surface area contributed by atoms with E-state index in [0.717, 1.165) is 17.7 Å². The third-order valence-electron chi connectivity index (χ3n) is 4.40. The molecule has 1 heterocycles. The lowest BCUT2D eigenvalue weighted by atomic mass is 9.94. The molecule has 1 aromatic carbocycles. The van der Waals surface area contributed by atoms with Crippen molar-refractivity contribution in [2.75, 3.05) is 18.4 Å². The number of carbonyl (C=O) groups excluding carboxylic acids is 2. The van der Waals surface area contributed by atoms with Crippen LogP contribution in [0.1, 0.15) is 50.8 Å². The fourth-order valence-corrected chi connectivity index (χ4v) is 3.59. The summed E-state index contributed by atoms with van der Waals surface area (Å²) >= 11 is 1.39. The highest BCUT2D eigenvalue weighted by Gasteiger charge is 2.26. The summed E-state index contributed by atoms with van der Waals surface area (Å²) in [5, 5.41) is 5.27. The van der Waals surface area contributed by atoms with Gasteiger partial charge in [0.2, 0.25) is 11.8 Å². The number of benzene rings is 1. The highest BCUT2D eigenvalue weighted by atomic mass is 32.1. The number of anilines is 1. The molecule has 0 aliphatic rings. The molecule has 1 aromatic heterocycles. The van der Waals surface area contributed by atoms with E-state index in [9.17, 15) is 9.59 Å². The second kappa shape index (κ2) is 10.2. The van der Waals surface area contributed by atoms with E-state index in [2.05, 4.69) is 24.1 Å². The minimum Gasteiger partial charge on any atom is -0.333 e. The number of aromatic nitrogens is 1. The average Bonchev–Trinajstić information content (AvgIpc) is 3.04. The van der Waals surface area contributed by atoms with Gasteiger partial charge in [-0.05, 0) is 31.2 Å². The molecule has 0 saturated heterocycles. The van der Waals surface area contributed by atoms with Crippen LogP contribution in [0.25, 0.3) is 0 Å². The van der Waals surface area contributed by atoms with Crippen LogP contribution in [0.15, 0.2) is 35.7 Å². The zero-order chi connectivity index (χ0) is 19.8. The molecule has 1 N–H and O–H groups in total. The molecule has 0 aliphatic carbocycles. The van der Waals surface area contributed by atoms with Crippen molar-refractivity contribution in [3.63, 3.8) is 0 Å². The first-order valence-corrected chi connectivity index (χ1v) is 10.3. The van der Waals surface area contributed by atoms with Crippen molar-refractivity contribution >= 4 is 28.3 Å². The molecule has 1 atom stereocenters. The third-order valence-corrected chi connectivity index (χ3v) is 5.27. The maximum atomic E-state index is 13.2. The second-order valence-electron chi connectivity index (χ2n) is 7.16. The summed E-state index contributed by atoms with van der Waals surface area (Å²) < 4.78 is 0. The summed E-state index contributed by atoms with van der Waals surface area (Å²) in [6.07, 6.45) is 1.56. The Morgan fingerprint density at radius 3 is 2.48 bits per heavy atom. The Kier molecular flexibility index (Phi) is 7.98. The molecule has 0 spiro atoms. The lowest BCUT2D eigenvalue weighted by Crippen LogP contribution is -2.41. The Morgan fingerprint density at radius 1 is 1.22 bits per heavy atom. The predicted molar refractivity (Wildman–Crippen MR) is 111 cm³/mol. The van der Waals surface area contributed by atoms with E-state index in [1.54, 1.807) is 4.90 Å². The summed E-state index contributed by atoms with van der Waals surface area (Å²) in [5.41, 5.74) is 1.87. The minimum atomic E-state index is -0.228. The molecule has 2 amide bonds. The van der Waals surface area contributed by atoms with Gasteiger partial charge in [-0.2, -0.15) is 0 Å². The van der Waals surface area contributed by atoms with Crippen molar-refractivity contribution < 1.29 is 9.59 Å². The van der Waals surface area contributed by atoms with Crippen LogP contribution in [0.4, 0.5) is 5.13 Å². The van der Waals surface area contributed by atoms with E-state index in [1.807, 2.05) is 49.6 Å². The molecule has 0 fully saturated rings. The van der Waals surface area contributed by atoms with Gasteiger partial charge in [0.15, 0.2) is 5.13 Å². The molecule has 146 valence electrons. The van der Waals surface area contributed by atoms with Crippen LogP contribution in [-0.4, -0.2) is 34.8 Å². The molecule has 1 unspecified atom stereocenters. The molecule has 2 aromatic rings. The van der Waals surface area contributed by atoms with Gasteiger partial charge in [0, 0.05) is 11.9 Å². The van der Waals surface area contributed by atoms with E-state index >= 15 is 0 Å². The van der Waals surface area contributed by atoms with Gasteiger partial charge in [0.1, 0.15) is 0 Å². The molecule has 5 nitrogen and oxygen atoms in total. The minimum absolute atomic E-state index is 0.00909. The van der Waals surface area contributed by atoms with Crippen LogP contribution < -0.4 is 5.32 Å². The van der Waals surface area contributed by atoms with Gasteiger partial charge in [-0.15, -0.1) is 11.3 Å². The summed E-state index contributed by atoms with van der Waals surface area (Å²) in [4.78, 5) is 31.7. The largest absolute Gasteiger partial charge is 0.333 e. The van der Waals surface area contributed by atoms with Gasteiger partial charge in [0.05, 0.1) is 18.2 Å². The second-order valence-corrected chi connectivity index (χ2v) is 8.01. The van der Waals surface area contributed by atoms with E-state index < -0.39 is 0 Å².